The molecule has 0 aromatic heterocycles. The number of guanidine groups is 1. The number of rotatable bonds is 8. The average molecular weight is 406 g/mol. The highest BCUT2D eigenvalue weighted by molar-refractivity contribution is 5.95. The molecule has 2 amide bonds. The van der Waals surface area contributed by atoms with Crippen molar-refractivity contribution in [3.05, 3.63) is 24.3 Å². The third-order valence-electron chi connectivity index (χ3n) is 3.75. The van der Waals surface area contributed by atoms with Gasteiger partial charge in [-0.25, -0.2) is 4.99 Å². The van der Waals surface area contributed by atoms with Gasteiger partial charge in [-0.15, -0.1) is 0 Å². The number of benzene rings is 1. The van der Waals surface area contributed by atoms with E-state index in [9.17, 15) is 9.59 Å². The number of nitrogens with two attached hydrogens (primary N) is 1. The lowest BCUT2D eigenvalue weighted by molar-refractivity contribution is -0.125. The smallest absolute Gasteiger partial charge is 0.242 e. The van der Waals surface area contributed by atoms with Crippen molar-refractivity contribution < 1.29 is 14.3 Å². The molecule has 0 saturated carbocycles. The van der Waals surface area contributed by atoms with Gasteiger partial charge in [-0.3, -0.25) is 9.59 Å². The molecule has 0 saturated heterocycles. The van der Waals surface area contributed by atoms with Gasteiger partial charge in [-0.05, 0) is 72.7 Å². The summed E-state index contributed by atoms with van der Waals surface area (Å²) in [7, 11) is 0. The fraction of sp³-hybridized carbons (Fsp3) is 0.571. The molecule has 1 aromatic rings. The quantitative estimate of drug-likeness (QED) is 0.391. The van der Waals surface area contributed by atoms with Crippen LogP contribution in [0.1, 0.15) is 48.5 Å². The molecule has 0 heterocycles. The van der Waals surface area contributed by atoms with E-state index in [4.69, 9.17) is 10.5 Å². The standard InChI is InChI=1S/C21H35N5O3/c1-14(2)29-16-10-8-15(9-11-16)25-19(24-13-21(6,7)18(22)28)23-12-17(27)26-20(3,4)5/h8-11,14H,12-13H2,1-7H3,(H2,22,28)(H,26,27)(H2,23,24,25). The van der Waals surface area contributed by atoms with Crippen molar-refractivity contribution >= 4 is 23.5 Å². The van der Waals surface area contributed by atoms with Crippen LogP contribution in [0.2, 0.25) is 0 Å². The fourth-order valence-electron chi connectivity index (χ4n) is 2.17. The van der Waals surface area contributed by atoms with Crippen LogP contribution in [0.4, 0.5) is 5.69 Å². The largest absolute Gasteiger partial charge is 0.491 e. The Balaban J connectivity index is 2.90. The Bertz CT molecular complexity index is 719. The van der Waals surface area contributed by atoms with Crippen LogP contribution >= 0.6 is 0 Å². The van der Waals surface area contributed by atoms with Gasteiger partial charge < -0.3 is 26.4 Å². The second kappa shape index (κ2) is 10.1. The Morgan fingerprint density at radius 3 is 2.17 bits per heavy atom. The molecule has 8 nitrogen and oxygen atoms in total. The monoisotopic (exact) mass is 405 g/mol. The summed E-state index contributed by atoms with van der Waals surface area (Å²) in [6.45, 7) is 13.3. The third-order valence-corrected chi connectivity index (χ3v) is 3.75. The minimum absolute atomic E-state index is 0.0574. The molecule has 0 aliphatic rings. The molecule has 0 spiro atoms. The number of hydrogen-bond acceptors (Lipinski definition) is 4. The first kappa shape index (κ1) is 24.3. The van der Waals surface area contributed by atoms with Crippen molar-refractivity contribution in [2.75, 3.05) is 18.4 Å². The summed E-state index contributed by atoms with van der Waals surface area (Å²) < 4.78 is 5.64. The van der Waals surface area contributed by atoms with Gasteiger partial charge in [0.15, 0.2) is 5.96 Å². The van der Waals surface area contributed by atoms with Crippen molar-refractivity contribution in [2.45, 2.75) is 60.1 Å². The van der Waals surface area contributed by atoms with Crippen LogP contribution in [-0.2, 0) is 9.59 Å². The number of hydrogen-bond donors (Lipinski definition) is 4. The van der Waals surface area contributed by atoms with E-state index in [0.717, 1.165) is 11.4 Å². The molecular formula is C21H35N5O3. The summed E-state index contributed by atoms with van der Waals surface area (Å²) in [6.07, 6.45) is 0.0879. The first-order chi connectivity index (χ1) is 13.3. The molecule has 1 aromatic carbocycles. The lowest BCUT2D eigenvalue weighted by Crippen LogP contribution is -2.45. The Hall–Kier alpha value is -2.77. The third kappa shape index (κ3) is 9.82. The van der Waals surface area contributed by atoms with E-state index in [1.807, 2.05) is 58.9 Å². The molecule has 29 heavy (non-hydrogen) atoms. The van der Waals surface area contributed by atoms with Crippen molar-refractivity contribution in [1.29, 1.82) is 0 Å². The second-order valence-corrected chi connectivity index (χ2v) is 8.88. The summed E-state index contributed by atoms with van der Waals surface area (Å²) in [6, 6.07) is 7.39. The average Bonchev–Trinajstić information content (AvgIpc) is 2.56. The van der Waals surface area contributed by atoms with Crippen LogP contribution in [0.15, 0.2) is 29.3 Å². The predicted octanol–water partition coefficient (Wildman–Crippen LogP) is 2.26. The molecule has 0 fully saturated rings. The topological polar surface area (TPSA) is 118 Å². The summed E-state index contributed by atoms with van der Waals surface area (Å²) in [4.78, 5) is 28.0. The molecular weight excluding hydrogens is 370 g/mol. The van der Waals surface area contributed by atoms with Crippen molar-refractivity contribution in [1.82, 2.24) is 10.6 Å². The summed E-state index contributed by atoms with van der Waals surface area (Å²) >= 11 is 0. The highest BCUT2D eigenvalue weighted by Crippen LogP contribution is 2.17. The lowest BCUT2D eigenvalue weighted by Gasteiger charge is -2.23. The molecule has 0 unspecified atom stereocenters. The molecule has 5 N–H and O–H groups in total. The maximum Gasteiger partial charge on any atom is 0.242 e. The van der Waals surface area contributed by atoms with E-state index in [-0.39, 0.29) is 30.6 Å². The summed E-state index contributed by atoms with van der Waals surface area (Å²) in [5.41, 5.74) is 5.09. The molecule has 0 aliphatic carbocycles. The van der Waals surface area contributed by atoms with Gasteiger partial charge in [0, 0.05) is 17.8 Å². The molecule has 0 aliphatic heterocycles. The Morgan fingerprint density at radius 1 is 1.10 bits per heavy atom. The van der Waals surface area contributed by atoms with E-state index in [2.05, 4.69) is 20.9 Å². The van der Waals surface area contributed by atoms with Crippen molar-refractivity contribution in [2.24, 2.45) is 16.1 Å². The van der Waals surface area contributed by atoms with Crippen molar-refractivity contribution in [3.8, 4) is 5.75 Å². The Morgan fingerprint density at radius 2 is 1.69 bits per heavy atom. The number of nitrogens with one attached hydrogen (secondary N) is 3. The lowest BCUT2D eigenvalue weighted by atomic mass is 9.93. The number of amides is 2. The van der Waals surface area contributed by atoms with Gasteiger partial charge in [0.05, 0.1) is 11.5 Å². The number of carbonyl (C=O) groups is 2. The van der Waals surface area contributed by atoms with E-state index < -0.39 is 11.3 Å². The second-order valence-electron chi connectivity index (χ2n) is 8.88. The Kier molecular flexibility index (Phi) is 8.48. The number of primary amides is 1. The van der Waals surface area contributed by atoms with E-state index in [1.165, 1.54) is 0 Å². The highest BCUT2D eigenvalue weighted by Gasteiger charge is 2.25. The van der Waals surface area contributed by atoms with Crippen molar-refractivity contribution in [3.63, 3.8) is 0 Å². The maximum atomic E-state index is 12.1. The van der Waals surface area contributed by atoms with Crippen LogP contribution < -0.4 is 26.4 Å². The van der Waals surface area contributed by atoms with E-state index in [1.54, 1.807) is 13.8 Å². The fourth-order valence-corrected chi connectivity index (χ4v) is 2.17. The van der Waals surface area contributed by atoms with Gasteiger partial charge in [-0.1, -0.05) is 0 Å². The summed E-state index contributed by atoms with van der Waals surface area (Å²) in [5, 5.41) is 9.08. The first-order valence-electron chi connectivity index (χ1n) is 9.71. The number of aliphatic imine (C=N–C) groups is 1. The van der Waals surface area contributed by atoms with Crippen LogP contribution in [0.3, 0.4) is 0 Å². The van der Waals surface area contributed by atoms with E-state index in [0.29, 0.717) is 5.96 Å². The van der Waals surface area contributed by atoms with E-state index >= 15 is 0 Å². The number of ether oxygens (including phenoxy) is 1. The molecule has 0 bridgehead atoms. The zero-order valence-corrected chi connectivity index (χ0v) is 18.6. The molecule has 0 atom stereocenters. The number of nitrogens with zero attached hydrogens (tertiary/aromatic N) is 1. The molecule has 8 heteroatoms. The van der Waals surface area contributed by atoms with Gasteiger partial charge in [0.1, 0.15) is 12.3 Å². The zero-order chi connectivity index (χ0) is 22.2. The first-order valence-corrected chi connectivity index (χ1v) is 9.71. The Labute approximate surface area is 173 Å². The number of anilines is 1. The molecule has 1 rings (SSSR count). The van der Waals surface area contributed by atoms with Gasteiger partial charge in [-0.2, -0.15) is 0 Å². The zero-order valence-electron chi connectivity index (χ0n) is 18.6. The number of carbonyl (C=O) groups excluding carboxylic acids is 2. The highest BCUT2D eigenvalue weighted by atomic mass is 16.5. The summed E-state index contributed by atoms with van der Waals surface area (Å²) in [5.74, 6) is 0.510. The van der Waals surface area contributed by atoms with Gasteiger partial charge in [0.2, 0.25) is 11.8 Å². The SMILES string of the molecule is CC(C)Oc1ccc(NC(=NCC(=O)NC(C)(C)C)NCC(C)(C)C(N)=O)cc1. The maximum absolute atomic E-state index is 12.1. The minimum Gasteiger partial charge on any atom is -0.491 e. The minimum atomic E-state index is -0.773. The van der Waals surface area contributed by atoms with Crippen LogP contribution in [0, 0.1) is 5.41 Å². The predicted molar refractivity (Wildman–Crippen MR) is 117 cm³/mol. The normalized spacial score (nSPS) is 12.5. The molecule has 162 valence electrons. The van der Waals surface area contributed by atoms with Gasteiger partial charge >= 0.3 is 0 Å². The van der Waals surface area contributed by atoms with Crippen LogP contribution in [0.5, 0.6) is 5.75 Å². The van der Waals surface area contributed by atoms with Crippen LogP contribution in [-0.4, -0.2) is 42.5 Å². The molecule has 0 radical (unpaired) electrons. The van der Waals surface area contributed by atoms with Crippen LogP contribution in [0.25, 0.3) is 0 Å². The van der Waals surface area contributed by atoms with Gasteiger partial charge in [0.25, 0.3) is 0 Å².